The molecule has 1 aliphatic heterocycles. The molecule has 3 N–H and O–H groups in total. The number of methoxy groups -OCH3 is 1. The largest absolute Gasteiger partial charge is 0.504 e. The standard InChI is InChI=1S/C15H22N2O4/c1-17(15(19)13-6-4-11(8-16)21-13)9-10-3-5-12(18)14(7-10)20-2/h3,5,7,11,13,18H,4,6,8-9,16H2,1-2H3/t11-,13+/m1/s1. The number of likely N-dealkylation sites (N-methyl/N-ethyl adjacent to an activating group) is 1. The molecular weight excluding hydrogens is 272 g/mol. The molecule has 1 aromatic carbocycles. The Hall–Kier alpha value is -1.79. The summed E-state index contributed by atoms with van der Waals surface area (Å²) in [4.78, 5) is 13.9. The van der Waals surface area contributed by atoms with Crippen LogP contribution in [0.15, 0.2) is 18.2 Å². The van der Waals surface area contributed by atoms with Crippen molar-refractivity contribution in [3.63, 3.8) is 0 Å². The zero-order valence-corrected chi connectivity index (χ0v) is 12.4. The fourth-order valence-electron chi connectivity index (χ4n) is 2.48. The molecule has 1 aliphatic rings. The Morgan fingerprint density at radius 1 is 1.52 bits per heavy atom. The van der Waals surface area contributed by atoms with Gasteiger partial charge in [-0.15, -0.1) is 0 Å². The summed E-state index contributed by atoms with van der Waals surface area (Å²) in [7, 11) is 3.23. The third-order valence-electron chi connectivity index (χ3n) is 3.69. The molecule has 0 radical (unpaired) electrons. The summed E-state index contributed by atoms with van der Waals surface area (Å²) in [6.07, 6.45) is 1.13. The lowest BCUT2D eigenvalue weighted by Crippen LogP contribution is -2.36. The van der Waals surface area contributed by atoms with Gasteiger partial charge in [0.15, 0.2) is 11.5 Å². The number of rotatable bonds is 5. The van der Waals surface area contributed by atoms with Gasteiger partial charge in [-0.05, 0) is 30.5 Å². The average Bonchev–Trinajstić information content (AvgIpc) is 2.97. The number of ether oxygens (including phenoxy) is 2. The van der Waals surface area contributed by atoms with Crippen molar-refractivity contribution in [1.82, 2.24) is 4.90 Å². The Morgan fingerprint density at radius 2 is 2.29 bits per heavy atom. The monoisotopic (exact) mass is 294 g/mol. The molecule has 0 saturated carbocycles. The van der Waals surface area contributed by atoms with Gasteiger partial charge in [-0.2, -0.15) is 0 Å². The molecule has 0 aliphatic carbocycles. The van der Waals surface area contributed by atoms with Gasteiger partial charge in [0.1, 0.15) is 6.10 Å². The number of carbonyl (C=O) groups excluding carboxylic acids is 1. The van der Waals surface area contributed by atoms with Crippen LogP contribution >= 0.6 is 0 Å². The minimum atomic E-state index is -0.400. The Balaban J connectivity index is 1.97. The quantitative estimate of drug-likeness (QED) is 0.841. The van der Waals surface area contributed by atoms with Crippen molar-refractivity contribution in [2.24, 2.45) is 5.73 Å². The van der Waals surface area contributed by atoms with Crippen molar-refractivity contribution in [3.05, 3.63) is 23.8 Å². The van der Waals surface area contributed by atoms with Crippen molar-refractivity contribution < 1.29 is 19.4 Å². The normalized spacial score (nSPS) is 21.3. The highest BCUT2D eigenvalue weighted by Gasteiger charge is 2.31. The van der Waals surface area contributed by atoms with E-state index in [2.05, 4.69) is 0 Å². The van der Waals surface area contributed by atoms with Crippen molar-refractivity contribution in [2.45, 2.75) is 31.6 Å². The second-order valence-corrected chi connectivity index (χ2v) is 5.26. The maximum Gasteiger partial charge on any atom is 0.251 e. The smallest absolute Gasteiger partial charge is 0.251 e. The molecule has 116 valence electrons. The van der Waals surface area contributed by atoms with Gasteiger partial charge in [-0.1, -0.05) is 6.07 Å². The van der Waals surface area contributed by atoms with Crippen molar-refractivity contribution in [1.29, 1.82) is 0 Å². The van der Waals surface area contributed by atoms with Gasteiger partial charge in [0.05, 0.1) is 13.2 Å². The van der Waals surface area contributed by atoms with E-state index >= 15 is 0 Å². The summed E-state index contributed by atoms with van der Waals surface area (Å²) in [6.45, 7) is 0.880. The van der Waals surface area contributed by atoms with Gasteiger partial charge in [0.2, 0.25) is 0 Å². The Kier molecular flexibility index (Phi) is 5.03. The predicted octanol–water partition coefficient (Wildman–Crippen LogP) is 0.865. The molecule has 1 heterocycles. The van der Waals surface area contributed by atoms with Gasteiger partial charge in [0.25, 0.3) is 5.91 Å². The highest BCUT2D eigenvalue weighted by Crippen LogP contribution is 2.27. The molecule has 0 bridgehead atoms. The van der Waals surface area contributed by atoms with E-state index in [1.165, 1.54) is 7.11 Å². The molecule has 6 heteroatoms. The predicted molar refractivity (Wildman–Crippen MR) is 78.1 cm³/mol. The molecule has 2 atom stereocenters. The summed E-state index contributed by atoms with van der Waals surface area (Å²) in [5.74, 6) is 0.437. The van der Waals surface area contributed by atoms with E-state index in [0.29, 0.717) is 25.3 Å². The van der Waals surface area contributed by atoms with E-state index in [-0.39, 0.29) is 17.8 Å². The third-order valence-corrected chi connectivity index (χ3v) is 3.69. The first kappa shape index (κ1) is 15.6. The number of carbonyl (C=O) groups is 1. The molecule has 2 rings (SSSR count). The average molecular weight is 294 g/mol. The van der Waals surface area contributed by atoms with Crippen LogP contribution in [0.25, 0.3) is 0 Å². The van der Waals surface area contributed by atoms with Crippen LogP contribution in [-0.2, 0) is 16.1 Å². The zero-order chi connectivity index (χ0) is 15.4. The number of phenols is 1. The maximum atomic E-state index is 12.3. The minimum absolute atomic E-state index is 0.0129. The summed E-state index contributed by atoms with van der Waals surface area (Å²) < 4.78 is 10.7. The Bertz CT molecular complexity index is 506. The summed E-state index contributed by atoms with van der Waals surface area (Å²) in [6, 6.07) is 5.04. The Labute approximate surface area is 124 Å². The molecule has 1 fully saturated rings. The first-order chi connectivity index (χ1) is 10.0. The number of phenolic OH excluding ortho intramolecular Hbond substituents is 1. The topological polar surface area (TPSA) is 85.0 Å². The highest BCUT2D eigenvalue weighted by molar-refractivity contribution is 5.81. The number of hydrogen-bond donors (Lipinski definition) is 2. The Morgan fingerprint density at radius 3 is 2.90 bits per heavy atom. The summed E-state index contributed by atoms with van der Waals surface area (Å²) in [5, 5.41) is 9.57. The van der Waals surface area contributed by atoms with Crippen LogP contribution in [0.3, 0.4) is 0 Å². The minimum Gasteiger partial charge on any atom is -0.504 e. The van der Waals surface area contributed by atoms with Crippen LogP contribution < -0.4 is 10.5 Å². The van der Waals surface area contributed by atoms with E-state index in [1.54, 1.807) is 30.1 Å². The maximum absolute atomic E-state index is 12.3. The van der Waals surface area contributed by atoms with Crippen LogP contribution in [0.1, 0.15) is 18.4 Å². The number of hydrogen-bond acceptors (Lipinski definition) is 5. The molecule has 1 saturated heterocycles. The number of benzene rings is 1. The second kappa shape index (κ2) is 6.78. The van der Waals surface area contributed by atoms with E-state index < -0.39 is 6.10 Å². The first-order valence-electron chi connectivity index (χ1n) is 7.01. The van der Waals surface area contributed by atoms with Crippen LogP contribution in [0.2, 0.25) is 0 Å². The van der Waals surface area contributed by atoms with E-state index in [9.17, 15) is 9.90 Å². The molecule has 1 aromatic rings. The number of nitrogens with two attached hydrogens (primary N) is 1. The van der Waals surface area contributed by atoms with Crippen LogP contribution in [0, 0.1) is 0 Å². The second-order valence-electron chi connectivity index (χ2n) is 5.26. The molecule has 21 heavy (non-hydrogen) atoms. The van der Waals surface area contributed by atoms with E-state index in [1.807, 2.05) is 0 Å². The van der Waals surface area contributed by atoms with Gasteiger partial charge >= 0.3 is 0 Å². The SMILES string of the molecule is COc1cc(CN(C)C(=O)[C@@H]2CC[C@H](CN)O2)ccc1O. The summed E-state index contributed by atoms with van der Waals surface area (Å²) >= 11 is 0. The van der Waals surface area contributed by atoms with E-state index in [4.69, 9.17) is 15.2 Å². The lowest BCUT2D eigenvalue weighted by molar-refractivity contribution is -0.141. The number of aromatic hydroxyl groups is 1. The molecule has 0 spiro atoms. The fraction of sp³-hybridized carbons (Fsp3) is 0.533. The lowest BCUT2D eigenvalue weighted by atomic mass is 10.1. The molecule has 1 amide bonds. The van der Waals surface area contributed by atoms with E-state index in [0.717, 1.165) is 12.0 Å². The first-order valence-corrected chi connectivity index (χ1v) is 7.01. The van der Waals surface area contributed by atoms with Gasteiger partial charge in [0, 0.05) is 20.1 Å². The van der Waals surface area contributed by atoms with Crippen LogP contribution in [0.4, 0.5) is 0 Å². The zero-order valence-electron chi connectivity index (χ0n) is 12.4. The number of amides is 1. The van der Waals surface area contributed by atoms with Crippen molar-refractivity contribution >= 4 is 5.91 Å². The fourth-order valence-corrected chi connectivity index (χ4v) is 2.48. The third kappa shape index (κ3) is 3.65. The molecule has 0 aromatic heterocycles. The van der Waals surface area contributed by atoms with Gasteiger partial charge < -0.3 is 25.2 Å². The molecular formula is C15H22N2O4. The van der Waals surface area contributed by atoms with Gasteiger partial charge in [-0.25, -0.2) is 0 Å². The van der Waals surface area contributed by atoms with Crippen molar-refractivity contribution in [2.75, 3.05) is 20.7 Å². The number of nitrogens with zero attached hydrogens (tertiary/aromatic N) is 1. The lowest BCUT2D eigenvalue weighted by Gasteiger charge is -2.21. The van der Waals surface area contributed by atoms with Crippen LogP contribution in [-0.4, -0.2) is 48.8 Å². The molecule has 0 unspecified atom stereocenters. The van der Waals surface area contributed by atoms with Gasteiger partial charge in [-0.3, -0.25) is 4.79 Å². The molecule has 6 nitrogen and oxygen atoms in total. The van der Waals surface area contributed by atoms with Crippen LogP contribution in [0.5, 0.6) is 11.5 Å². The van der Waals surface area contributed by atoms with Crippen molar-refractivity contribution in [3.8, 4) is 11.5 Å². The summed E-state index contributed by atoms with van der Waals surface area (Å²) in [5.41, 5.74) is 6.44. The highest BCUT2D eigenvalue weighted by atomic mass is 16.5.